The summed E-state index contributed by atoms with van der Waals surface area (Å²) in [5, 5.41) is 17.4. The van der Waals surface area contributed by atoms with Crippen molar-refractivity contribution in [2.75, 3.05) is 11.9 Å². The number of benzene rings is 1. The van der Waals surface area contributed by atoms with Gasteiger partial charge in [-0.3, -0.25) is 10.1 Å². The van der Waals surface area contributed by atoms with Crippen LogP contribution in [0.15, 0.2) is 12.1 Å². The summed E-state index contributed by atoms with van der Waals surface area (Å²) in [4.78, 5) is 10.5. The summed E-state index contributed by atoms with van der Waals surface area (Å²) in [6.45, 7) is 2.93. The molecule has 5 nitrogen and oxygen atoms in total. The van der Waals surface area contributed by atoms with E-state index >= 15 is 0 Å². The van der Waals surface area contributed by atoms with Crippen molar-refractivity contribution in [3.05, 3.63) is 31.6 Å². The predicted molar refractivity (Wildman–Crippen MR) is 79.9 cm³/mol. The Bertz CT molecular complexity index is 498. The van der Waals surface area contributed by atoms with E-state index in [1.165, 1.54) is 12.1 Å². The lowest BCUT2D eigenvalue weighted by Gasteiger charge is -2.29. The number of halogens is 2. The Hall–Kier alpha value is -0.960. The van der Waals surface area contributed by atoms with Crippen molar-refractivity contribution in [1.29, 1.82) is 0 Å². The molecule has 1 aliphatic rings. The summed E-state index contributed by atoms with van der Waals surface area (Å²) in [6.07, 6.45) is 1.74. The molecule has 2 unspecified atom stereocenters. The summed E-state index contributed by atoms with van der Waals surface area (Å²) >= 11 is 1.76. The number of piperidine rings is 1. The quantitative estimate of drug-likeness (QED) is 0.482. The topological polar surface area (TPSA) is 67.2 Å². The summed E-state index contributed by atoms with van der Waals surface area (Å²) in [6, 6.07) is 2.98. The number of hydrogen-bond acceptors (Lipinski definition) is 4. The molecule has 1 aromatic carbocycles. The predicted octanol–water partition coefficient (Wildman–Crippen LogP) is 2.89. The molecule has 19 heavy (non-hydrogen) atoms. The van der Waals surface area contributed by atoms with Gasteiger partial charge in [-0.1, -0.05) is 0 Å². The molecule has 104 valence electrons. The first-order valence-electron chi connectivity index (χ1n) is 6.10. The van der Waals surface area contributed by atoms with Crippen molar-refractivity contribution in [2.24, 2.45) is 0 Å². The van der Waals surface area contributed by atoms with Crippen LogP contribution in [0, 0.1) is 19.5 Å². The monoisotopic (exact) mass is 379 g/mol. The van der Waals surface area contributed by atoms with Crippen LogP contribution in [0.4, 0.5) is 15.8 Å². The van der Waals surface area contributed by atoms with Gasteiger partial charge in [0.15, 0.2) is 0 Å². The van der Waals surface area contributed by atoms with Crippen LogP contribution in [0.3, 0.4) is 0 Å². The van der Waals surface area contributed by atoms with Crippen molar-refractivity contribution in [1.82, 2.24) is 5.32 Å². The van der Waals surface area contributed by atoms with Crippen LogP contribution in [0.25, 0.3) is 0 Å². The molecule has 2 atom stereocenters. The molecule has 0 bridgehead atoms. The van der Waals surface area contributed by atoms with E-state index in [1.54, 1.807) is 22.6 Å². The second kappa shape index (κ2) is 6.00. The van der Waals surface area contributed by atoms with Crippen LogP contribution in [-0.2, 0) is 0 Å². The molecule has 2 N–H and O–H groups in total. The Kier molecular flexibility index (Phi) is 4.56. The summed E-state index contributed by atoms with van der Waals surface area (Å²) in [5.74, 6) is -0.435. The second-order valence-electron chi connectivity index (χ2n) is 4.76. The fourth-order valence-electron chi connectivity index (χ4n) is 2.29. The van der Waals surface area contributed by atoms with Gasteiger partial charge in [0.1, 0.15) is 11.5 Å². The smallest absolute Gasteiger partial charge is 0.293 e. The molecule has 2 rings (SSSR count). The van der Waals surface area contributed by atoms with Crippen molar-refractivity contribution in [3.8, 4) is 0 Å². The maximum absolute atomic E-state index is 13.6. The highest BCUT2D eigenvalue weighted by atomic mass is 127. The standard InChI is InChI=1S/C12H15FIN3O2/c1-7-4-8(2-3-15-7)16-11-5-9(13)10(14)6-12(11)17(18)19/h5-8,15-16H,2-4H2,1H3. The van der Waals surface area contributed by atoms with Gasteiger partial charge < -0.3 is 10.6 Å². The van der Waals surface area contributed by atoms with Crippen LogP contribution in [0.1, 0.15) is 19.8 Å². The van der Waals surface area contributed by atoms with Gasteiger partial charge in [-0.15, -0.1) is 0 Å². The van der Waals surface area contributed by atoms with Gasteiger partial charge in [-0.05, 0) is 48.9 Å². The van der Waals surface area contributed by atoms with Crippen LogP contribution >= 0.6 is 22.6 Å². The van der Waals surface area contributed by atoms with E-state index in [0.29, 0.717) is 6.04 Å². The largest absolute Gasteiger partial charge is 0.377 e. The molecule has 0 aliphatic carbocycles. The van der Waals surface area contributed by atoms with Crippen LogP contribution < -0.4 is 10.6 Å². The first-order valence-corrected chi connectivity index (χ1v) is 7.18. The van der Waals surface area contributed by atoms with Gasteiger partial charge in [0.2, 0.25) is 0 Å². The van der Waals surface area contributed by atoms with E-state index in [0.717, 1.165) is 19.4 Å². The van der Waals surface area contributed by atoms with E-state index in [2.05, 4.69) is 17.6 Å². The highest BCUT2D eigenvalue weighted by Gasteiger charge is 2.23. The second-order valence-corrected chi connectivity index (χ2v) is 5.92. The van der Waals surface area contributed by atoms with E-state index < -0.39 is 10.7 Å². The lowest BCUT2D eigenvalue weighted by molar-refractivity contribution is -0.384. The third-order valence-electron chi connectivity index (χ3n) is 3.22. The van der Waals surface area contributed by atoms with Crippen molar-refractivity contribution < 1.29 is 9.31 Å². The van der Waals surface area contributed by atoms with Gasteiger partial charge in [-0.2, -0.15) is 0 Å². The average Bonchev–Trinajstić information content (AvgIpc) is 2.33. The number of anilines is 1. The fourth-order valence-corrected chi connectivity index (χ4v) is 2.74. The van der Waals surface area contributed by atoms with Gasteiger partial charge in [0, 0.05) is 24.2 Å². The fraction of sp³-hybridized carbons (Fsp3) is 0.500. The summed E-state index contributed by atoms with van der Waals surface area (Å²) in [5.41, 5.74) is 0.194. The summed E-state index contributed by atoms with van der Waals surface area (Å²) < 4.78 is 13.8. The number of nitrogens with one attached hydrogen (secondary N) is 2. The van der Waals surface area contributed by atoms with E-state index in [4.69, 9.17) is 0 Å². The zero-order chi connectivity index (χ0) is 14.0. The molecule has 1 aliphatic heterocycles. The number of nitro benzene ring substituents is 1. The molecule has 0 saturated carbocycles. The van der Waals surface area contributed by atoms with Crippen LogP contribution in [0.2, 0.25) is 0 Å². The Morgan fingerprint density at radius 3 is 2.95 bits per heavy atom. The number of rotatable bonds is 3. The lowest BCUT2D eigenvalue weighted by atomic mass is 10.0. The third kappa shape index (κ3) is 3.53. The van der Waals surface area contributed by atoms with Crippen LogP contribution in [0.5, 0.6) is 0 Å². The van der Waals surface area contributed by atoms with E-state index in [-0.39, 0.29) is 21.0 Å². The Balaban J connectivity index is 2.23. The third-order valence-corrected chi connectivity index (χ3v) is 4.05. The van der Waals surface area contributed by atoms with E-state index in [9.17, 15) is 14.5 Å². The van der Waals surface area contributed by atoms with E-state index in [1.807, 2.05) is 0 Å². The summed E-state index contributed by atoms with van der Waals surface area (Å²) in [7, 11) is 0. The Morgan fingerprint density at radius 2 is 2.32 bits per heavy atom. The lowest BCUT2D eigenvalue weighted by Crippen LogP contribution is -2.41. The molecule has 1 saturated heterocycles. The van der Waals surface area contributed by atoms with Crippen molar-refractivity contribution in [3.63, 3.8) is 0 Å². The first kappa shape index (κ1) is 14.4. The molecule has 1 fully saturated rings. The Labute approximate surface area is 124 Å². The molecule has 0 amide bonds. The number of hydrogen-bond donors (Lipinski definition) is 2. The maximum Gasteiger partial charge on any atom is 0.293 e. The minimum absolute atomic E-state index is 0.0722. The molecule has 0 spiro atoms. The number of nitro groups is 1. The average molecular weight is 379 g/mol. The number of nitrogens with zero attached hydrogens (tertiary/aromatic N) is 1. The molecule has 1 heterocycles. The molecule has 0 radical (unpaired) electrons. The zero-order valence-electron chi connectivity index (χ0n) is 10.5. The highest BCUT2D eigenvalue weighted by molar-refractivity contribution is 14.1. The first-order chi connectivity index (χ1) is 8.97. The Morgan fingerprint density at radius 1 is 1.58 bits per heavy atom. The van der Waals surface area contributed by atoms with Gasteiger partial charge in [0.25, 0.3) is 5.69 Å². The maximum atomic E-state index is 13.6. The zero-order valence-corrected chi connectivity index (χ0v) is 12.6. The van der Waals surface area contributed by atoms with Gasteiger partial charge in [0.05, 0.1) is 8.49 Å². The molecule has 7 heteroatoms. The SMILES string of the molecule is CC1CC(Nc2cc(F)c(I)cc2[N+](=O)[O-])CCN1. The van der Waals surface area contributed by atoms with Crippen molar-refractivity contribution >= 4 is 34.0 Å². The van der Waals surface area contributed by atoms with Gasteiger partial charge >= 0.3 is 0 Å². The van der Waals surface area contributed by atoms with Gasteiger partial charge in [-0.25, -0.2) is 4.39 Å². The highest BCUT2D eigenvalue weighted by Crippen LogP contribution is 2.30. The molecule has 1 aromatic rings. The molecule has 0 aromatic heterocycles. The minimum Gasteiger partial charge on any atom is -0.377 e. The molecular formula is C12H15FIN3O2. The van der Waals surface area contributed by atoms with Crippen LogP contribution in [-0.4, -0.2) is 23.6 Å². The van der Waals surface area contributed by atoms with Crippen molar-refractivity contribution in [2.45, 2.75) is 31.8 Å². The molecular weight excluding hydrogens is 364 g/mol. The normalized spacial score (nSPS) is 23.1. The minimum atomic E-state index is -0.478.